The maximum absolute atomic E-state index is 12.8. The van der Waals surface area contributed by atoms with Gasteiger partial charge in [0.05, 0.1) is 0 Å². The molecule has 1 aromatic carbocycles. The SMILES string of the molecule is Cc1ccc(C)c(NC(=O)CN2C(=O)NC3(CCCCCC3)C2=O)c1. The molecular formula is C19H25N3O3. The van der Waals surface area contributed by atoms with E-state index >= 15 is 0 Å². The van der Waals surface area contributed by atoms with Crippen LogP contribution in [0.1, 0.15) is 49.7 Å². The number of hydrogen-bond donors (Lipinski definition) is 2. The second-order valence-electron chi connectivity index (χ2n) is 7.18. The van der Waals surface area contributed by atoms with Gasteiger partial charge >= 0.3 is 6.03 Å². The summed E-state index contributed by atoms with van der Waals surface area (Å²) in [7, 11) is 0. The summed E-state index contributed by atoms with van der Waals surface area (Å²) in [4.78, 5) is 38.5. The van der Waals surface area contributed by atoms with E-state index in [-0.39, 0.29) is 18.4 Å². The van der Waals surface area contributed by atoms with Gasteiger partial charge in [-0.2, -0.15) is 0 Å². The van der Waals surface area contributed by atoms with Crippen LogP contribution in [0, 0.1) is 13.8 Å². The third kappa shape index (κ3) is 3.52. The van der Waals surface area contributed by atoms with Crippen molar-refractivity contribution in [1.82, 2.24) is 10.2 Å². The summed E-state index contributed by atoms with van der Waals surface area (Å²) in [5.74, 6) is -0.613. The standard InChI is InChI=1S/C19H25N3O3/c1-13-7-8-14(2)15(11-13)20-16(23)12-22-17(24)19(21-18(22)25)9-5-3-4-6-10-19/h7-8,11H,3-6,9-10,12H2,1-2H3,(H,20,23)(H,21,25). The first kappa shape index (κ1) is 17.5. The first-order valence-electron chi connectivity index (χ1n) is 8.92. The number of nitrogens with one attached hydrogen (secondary N) is 2. The van der Waals surface area contributed by atoms with Crippen molar-refractivity contribution in [3.8, 4) is 0 Å². The largest absolute Gasteiger partial charge is 0.325 e. The maximum Gasteiger partial charge on any atom is 0.325 e. The summed E-state index contributed by atoms with van der Waals surface area (Å²) in [5.41, 5.74) is 1.89. The highest BCUT2D eigenvalue weighted by Gasteiger charge is 2.51. The smallest absolute Gasteiger partial charge is 0.324 e. The third-order valence-corrected chi connectivity index (χ3v) is 5.17. The van der Waals surface area contributed by atoms with E-state index in [1.54, 1.807) is 0 Å². The van der Waals surface area contributed by atoms with Crippen molar-refractivity contribution in [2.24, 2.45) is 0 Å². The number of urea groups is 1. The lowest BCUT2D eigenvalue weighted by atomic mass is 9.90. The molecule has 25 heavy (non-hydrogen) atoms. The van der Waals surface area contributed by atoms with Crippen molar-refractivity contribution < 1.29 is 14.4 Å². The van der Waals surface area contributed by atoms with Gasteiger partial charge < -0.3 is 10.6 Å². The maximum atomic E-state index is 12.8. The molecule has 4 amide bonds. The van der Waals surface area contributed by atoms with E-state index in [1.165, 1.54) is 0 Å². The fraction of sp³-hybridized carbons (Fsp3) is 0.526. The third-order valence-electron chi connectivity index (χ3n) is 5.17. The molecule has 1 aliphatic carbocycles. The molecule has 6 nitrogen and oxygen atoms in total. The van der Waals surface area contributed by atoms with Gasteiger partial charge in [0, 0.05) is 5.69 Å². The topological polar surface area (TPSA) is 78.5 Å². The minimum Gasteiger partial charge on any atom is -0.324 e. The molecule has 6 heteroatoms. The van der Waals surface area contributed by atoms with Crippen molar-refractivity contribution in [1.29, 1.82) is 0 Å². The Kier molecular flexibility index (Phi) is 4.79. The monoisotopic (exact) mass is 343 g/mol. The Labute approximate surface area is 148 Å². The van der Waals surface area contributed by atoms with Gasteiger partial charge in [0.1, 0.15) is 12.1 Å². The number of hydrogen-bond acceptors (Lipinski definition) is 3. The molecule has 3 rings (SSSR count). The van der Waals surface area contributed by atoms with E-state index in [0.717, 1.165) is 41.7 Å². The molecule has 1 heterocycles. The molecule has 0 unspecified atom stereocenters. The summed E-state index contributed by atoms with van der Waals surface area (Å²) in [6.07, 6.45) is 5.33. The summed E-state index contributed by atoms with van der Waals surface area (Å²) in [5, 5.41) is 5.67. The van der Waals surface area contributed by atoms with Gasteiger partial charge in [-0.05, 0) is 43.9 Å². The number of imide groups is 1. The zero-order valence-corrected chi connectivity index (χ0v) is 14.9. The molecule has 1 aliphatic heterocycles. The van der Waals surface area contributed by atoms with Gasteiger partial charge in [0.2, 0.25) is 5.91 Å². The quantitative estimate of drug-likeness (QED) is 0.828. The average molecular weight is 343 g/mol. The molecule has 2 aliphatic rings. The Hall–Kier alpha value is -2.37. The van der Waals surface area contributed by atoms with Crippen LogP contribution in [-0.2, 0) is 9.59 Å². The van der Waals surface area contributed by atoms with Crippen molar-refractivity contribution in [3.05, 3.63) is 29.3 Å². The highest BCUT2D eigenvalue weighted by Crippen LogP contribution is 2.32. The molecule has 1 saturated carbocycles. The van der Waals surface area contributed by atoms with Crippen LogP contribution >= 0.6 is 0 Å². The van der Waals surface area contributed by atoms with E-state index < -0.39 is 11.6 Å². The fourth-order valence-electron chi connectivity index (χ4n) is 3.69. The molecule has 1 saturated heterocycles. The van der Waals surface area contributed by atoms with Crippen LogP contribution in [0.3, 0.4) is 0 Å². The summed E-state index contributed by atoms with van der Waals surface area (Å²) in [6.45, 7) is 3.60. The highest BCUT2D eigenvalue weighted by atomic mass is 16.2. The Bertz CT molecular complexity index is 706. The van der Waals surface area contributed by atoms with Crippen LogP contribution < -0.4 is 10.6 Å². The number of benzene rings is 1. The van der Waals surface area contributed by atoms with Crippen LogP contribution in [0.4, 0.5) is 10.5 Å². The Balaban J connectivity index is 1.69. The number of aryl methyl sites for hydroxylation is 2. The highest BCUT2D eigenvalue weighted by molar-refractivity contribution is 6.10. The van der Waals surface area contributed by atoms with Gasteiger partial charge in [-0.15, -0.1) is 0 Å². The molecule has 1 aromatic rings. The number of rotatable bonds is 3. The molecular weight excluding hydrogens is 318 g/mol. The Morgan fingerprint density at radius 2 is 1.84 bits per heavy atom. The number of anilines is 1. The van der Waals surface area contributed by atoms with Gasteiger partial charge in [0.15, 0.2) is 0 Å². The second-order valence-corrected chi connectivity index (χ2v) is 7.18. The molecule has 134 valence electrons. The normalized spacial score (nSPS) is 19.7. The number of nitrogens with zero attached hydrogens (tertiary/aromatic N) is 1. The number of carbonyl (C=O) groups is 3. The molecule has 0 aromatic heterocycles. The van der Waals surface area contributed by atoms with Crippen LogP contribution in [-0.4, -0.2) is 34.8 Å². The van der Waals surface area contributed by atoms with Crippen molar-refractivity contribution >= 4 is 23.5 Å². The van der Waals surface area contributed by atoms with Crippen LogP contribution in [0.15, 0.2) is 18.2 Å². The minimum absolute atomic E-state index is 0.250. The zero-order valence-electron chi connectivity index (χ0n) is 14.9. The Morgan fingerprint density at radius 1 is 1.16 bits per heavy atom. The lowest BCUT2D eigenvalue weighted by Gasteiger charge is -2.24. The summed E-state index contributed by atoms with van der Waals surface area (Å²) < 4.78 is 0. The zero-order chi connectivity index (χ0) is 18.0. The number of amides is 4. The van der Waals surface area contributed by atoms with Crippen molar-refractivity contribution in [2.75, 3.05) is 11.9 Å². The Morgan fingerprint density at radius 3 is 2.52 bits per heavy atom. The fourth-order valence-corrected chi connectivity index (χ4v) is 3.69. The molecule has 2 N–H and O–H groups in total. The molecule has 0 radical (unpaired) electrons. The lowest BCUT2D eigenvalue weighted by molar-refractivity contribution is -0.134. The van der Waals surface area contributed by atoms with Gasteiger partial charge in [0.25, 0.3) is 5.91 Å². The second kappa shape index (κ2) is 6.86. The van der Waals surface area contributed by atoms with E-state index in [4.69, 9.17) is 0 Å². The van der Waals surface area contributed by atoms with Gasteiger partial charge in [-0.1, -0.05) is 37.8 Å². The van der Waals surface area contributed by atoms with E-state index in [0.29, 0.717) is 18.5 Å². The summed E-state index contributed by atoms with van der Waals surface area (Å²) >= 11 is 0. The molecule has 0 bridgehead atoms. The van der Waals surface area contributed by atoms with Crippen LogP contribution in [0.5, 0.6) is 0 Å². The minimum atomic E-state index is -0.798. The van der Waals surface area contributed by atoms with Crippen molar-refractivity contribution in [2.45, 2.75) is 57.9 Å². The summed E-state index contributed by atoms with van der Waals surface area (Å²) in [6, 6.07) is 5.33. The van der Waals surface area contributed by atoms with Crippen LogP contribution in [0.25, 0.3) is 0 Å². The van der Waals surface area contributed by atoms with E-state index in [9.17, 15) is 14.4 Å². The molecule has 2 fully saturated rings. The lowest BCUT2D eigenvalue weighted by Crippen LogP contribution is -2.47. The van der Waals surface area contributed by atoms with E-state index in [1.807, 2.05) is 32.0 Å². The first-order valence-corrected chi connectivity index (χ1v) is 8.92. The average Bonchev–Trinajstić information content (AvgIpc) is 2.74. The first-order chi connectivity index (χ1) is 11.9. The van der Waals surface area contributed by atoms with Gasteiger partial charge in [-0.25, -0.2) is 4.79 Å². The molecule has 1 spiro atoms. The molecule has 0 atom stereocenters. The van der Waals surface area contributed by atoms with Gasteiger partial charge in [-0.3, -0.25) is 14.5 Å². The number of carbonyl (C=O) groups excluding carboxylic acids is 3. The van der Waals surface area contributed by atoms with E-state index in [2.05, 4.69) is 10.6 Å². The predicted molar refractivity (Wildman–Crippen MR) is 95.2 cm³/mol. The van der Waals surface area contributed by atoms with Crippen molar-refractivity contribution in [3.63, 3.8) is 0 Å². The van der Waals surface area contributed by atoms with Crippen LogP contribution in [0.2, 0.25) is 0 Å². The predicted octanol–water partition coefficient (Wildman–Crippen LogP) is 2.89.